The summed E-state index contributed by atoms with van der Waals surface area (Å²) in [5, 5.41) is 63.5. The van der Waals surface area contributed by atoms with E-state index >= 15 is 0 Å². The standard InChI is InChI=1S/C32H32O9/c1-4-41-32(17-6-8-24(37)27(12-17)40-3)31-22-14-21(35)15-25(38)30(22)28(16-5-7-23(36)26(11-16)39-2)29(31)18-9-19(33)13-20(34)10-18/h5-15,28-29,31-38H,4H2,1-3H3. The van der Waals surface area contributed by atoms with Crippen LogP contribution in [0.4, 0.5) is 0 Å². The summed E-state index contributed by atoms with van der Waals surface area (Å²) in [4.78, 5) is 0. The van der Waals surface area contributed by atoms with Crippen LogP contribution < -0.4 is 9.47 Å². The Hall–Kier alpha value is -4.76. The van der Waals surface area contributed by atoms with E-state index in [1.165, 1.54) is 38.5 Å². The van der Waals surface area contributed by atoms with Crippen LogP contribution in [-0.2, 0) is 4.74 Å². The molecule has 0 aromatic heterocycles. The minimum Gasteiger partial charge on any atom is -0.508 e. The Bertz CT molecular complexity index is 1560. The highest BCUT2D eigenvalue weighted by Crippen LogP contribution is 2.63. The van der Waals surface area contributed by atoms with Crippen LogP contribution >= 0.6 is 0 Å². The second kappa shape index (κ2) is 11.0. The lowest BCUT2D eigenvalue weighted by Gasteiger charge is -2.33. The molecule has 6 N–H and O–H groups in total. The van der Waals surface area contributed by atoms with E-state index in [1.54, 1.807) is 42.5 Å². The van der Waals surface area contributed by atoms with Gasteiger partial charge in [-0.15, -0.1) is 0 Å². The molecular formula is C32H32O9. The van der Waals surface area contributed by atoms with Gasteiger partial charge in [-0.25, -0.2) is 0 Å². The molecule has 214 valence electrons. The van der Waals surface area contributed by atoms with E-state index in [1.807, 2.05) is 6.92 Å². The molecule has 5 rings (SSSR count). The number of benzene rings is 4. The molecule has 4 atom stereocenters. The molecule has 1 aliphatic carbocycles. The number of rotatable bonds is 8. The van der Waals surface area contributed by atoms with Gasteiger partial charge in [-0.3, -0.25) is 0 Å². The molecule has 1 aliphatic rings. The van der Waals surface area contributed by atoms with Crippen LogP contribution in [0.2, 0.25) is 0 Å². The largest absolute Gasteiger partial charge is 0.508 e. The normalized spacial score (nSPS) is 18.6. The third-order valence-electron chi connectivity index (χ3n) is 7.67. The Morgan fingerprint density at radius 1 is 0.659 bits per heavy atom. The lowest BCUT2D eigenvalue weighted by Crippen LogP contribution is -2.21. The van der Waals surface area contributed by atoms with Crippen molar-refractivity contribution < 1.29 is 44.8 Å². The topological polar surface area (TPSA) is 149 Å². The van der Waals surface area contributed by atoms with Crippen LogP contribution in [0.5, 0.6) is 46.0 Å². The first kappa shape index (κ1) is 27.8. The van der Waals surface area contributed by atoms with E-state index in [2.05, 4.69) is 0 Å². The highest BCUT2D eigenvalue weighted by molar-refractivity contribution is 5.62. The number of hydrogen-bond donors (Lipinski definition) is 6. The minimum atomic E-state index is -0.687. The van der Waals surface area contributed by atoms with Crippen molar-refractivity contribution >= 4 is 0 Å². The number of fused-ring (bicyclic) bond motifs is 1. The second-order valence-corrected chi connectivity index (χ2v) is 10.0. The molecule has 9 nitrogen and oxygen atoms in total. The van der Waals surface area contributed by atoms with Gasteiger partial charge in [0.15, 0.2) is 23.0 Å². The number of aromatic hydroxyl groups is 6. The molecule has 0 spiro atoms. The monoisotopic (exact) mass is 560 g/mol. The number of hydrogen-bond acceptors (Lipinski definition) is 9. The van der Waals surface area contributed by atoms with E-state index in [4.69, 9.17) is 14.2 Å². The SMILES string of the molecule is CCOC(c1ccc(O)c(OC)c1)C1c2cc(O)cc(O)c2C(c2ccc(O)c(OC)c2)C1c1cc(O)cc(O)c1. The highest BCUT2D eigenvalue weighted by Gasteiger charge is 2.49. The van der Waals surface area contributed by atoms with Crippen molar-refractivity contribution in [3.63, 3.8) is 0 Å². The average molecular weight is 561 g/mol. The van der Waals surface area contributed by atoms with E-state index < -0.39 is 23.9 Å². The van der Waals surface area contributed by atoms with E-state index in [-0.39, 0.29) is 46.0 Å². The summed E-state index contributed by atoms with van der Waals surface area (Å²) in [6, 6.07) is 17.0. The van der Waals surface area contributed by atoms with Gasteiger partial charge in [0.25, 0.3) is 0 Å². The maximum Gasteiger partial charge on any atom is 0.160 e. The van der Waals surface area contributed by atoms with E-state index in [0.717, 1.165) is 0 Å². The molecule has 4 aromatic carbocycles. The zero-order valence-electron chi connectivity index (χ0n) is 22.8. The zero-order valence-corrected chi connectivity index (χ0v) is 22.8. The molecule has 0 saturated carbocycles. The van der Waals surface area contributed by atoms with Crippen LogP contribution in [0.1, 0.15) is 58.6 Å². The lowest BCUT2D eigenvalue weighted by atomic mass is 9.74. The number of methoxy groups -OCH3 is 2. The Morgan fingerprint density at radius 2 is 1.27 bits per heavy atom. The Balaban J connectivity index is 1.84. The van der Waals surface area contributed by atoms with E-state index in [0.29, 0.717) is 34.4 Å². The Labute approximate surface area is 237 Å². The molecule has 0 amide bonds. The molecule has 0 aliphatic heterocycles. The third kappa shape index (κ3) is 5.00. The van der Waals surface area contributed by atoms with Crippen molar-refractivity contribution in [3.05, 3.63) is 94.5 Å². The summed E-state index contributed by atoms with van der Waals surface area (Å²) in [6.45, 7) is 2.15. The summed E-state index contributed by atoms with van der Waals surface area (Å²) >= 11 is 0. The average Bonchev–Trinajstić information content (AvgIpc) is 3.27. The minimum absolute atomic E-state index is 0.0443. The van der Waals surface area contributed by atoms with Gasteiger partial charge in [-0.1, -0.05) is 12.1 Å². The molecular weight excluding hydrogens is 528 g/mol. The first-order valence-electron chi connectivity index (χ1n) is 13.1. The van der Waals surface area contributed by atoms with Crippen molar-refractivity contribution in [3.8, 4) is 46.0 Å². The molecule has 0 bridgehead atoms. The van der Waals surface area contributed by atoms with Gasteiger partial charge in [-0.05, 0) is 71.6 Å². The van der Waals surface area contributed by atoms with Crippen LogP contribution in [-0.4, -0.2) is 51.5 Å². The van der Waals surface area contributed by atoms with Gasteiger partial charge in [0, 0.05) is 42.1 Å². The second-order valence-electron chi connectivity index (χ2n) is 10.0. The number of ether oxygens (including phenoxy) is 3. The van der Waals surface area contributed by atoms with Gasteiger partial charge in [0.05, 0.1) is 20.3 Å². The van der Waals surface area contributed by atoms with Crippen molar-refractivity contribution in [1.82, 2.24) is 0 Å². The summed E-state index contributed by atoms with van der Waals surface area (Å²) in [5.74, 6) is -1.96. The molecule has 0 radical (unpaired) electrons. The quantitative estimate of drug-likeness (QED) is 0.159. The van der Waals surface area contributed by atoms with Crippen molar-refractivity contribution in [1.29, 1.82) is 0 Å². The summed E-state index contributed by atoms with van der Waals surface area (Å²) in [6.07, 6.45) is -0.687. The Kier molecular flexibility index (Phi) is 7.47. The third-order valence-corrected chi connectivity index (χ3v) is 7.67. The number of phenols is 6. The van der Waals surface area contributed by atoms with E-state index in [9.17, 15) is 30.6 Å². The molecule has 0 heterocycles. The fourth-order valence-corrected chi connectivity index (χ4v) is 6.12. The molecule has 41 heavy (non-hydrogen) atoms. The summed E-state index contributed by atoms with van der Waals surface area (Å²) in [5.41, 5.74) is 3.01. The van der Waals surface area contributed by atoms with Crippen molar-refractivity contribution in [2.75, 3.05) is 20.8 Å². The van der Waals surface area contributed by atoms with Gasteiger partial charge in [0.2, 0.25) is 0 Å². The first-order chi connectivity index (χ1) is 19.7. The van der Waals surface area contributed by atoms with Gasteiger partial charge >= 0.3 is 0 Å². The fraction of sp³-hybridized carbons (Fsp3) is 0.250. The molecule has 4 unspecified atom stereocenters. The summed E-state index contributed by atoms with van der Waals surface area (Å²) < 4.78 is 17.1. The van der Waals surface area contributed by atoms with Crippen LogP contribution in [0.25, 0.3) is 0 Å². The van der Waals surface area contributed by atoms with Gasteiger partial charge in [-0.2, -0.15) is 0 Å². The predicted molar refractivity (Wildman–Crippen MR) is 151 cm³/mol. The number of phenolic OH excluding ortho intramolecular Hbond substituents is 6. The Morgan fingerprint density at radius 3 is 1.90 bits per heavy atom. The van der Waals surface area contributed by atoms with Crippen LogP contribution in [0.3, 0.4) is 0 Å². The van der Waals surface area contributed by atoms with Crippen molar-refractivity contribution in [2.45, 2.75) is 30.8 Å². The first-order valence-corrected chi connectivity index (χ1v) is 13.1. The molecule has 0 fully saturated rings. The maximum atomic E-state index is 11.3. The fourth-order valence-electron chi connectivity index (χ4n) is 6.12. The predicted octanol–water partition coefficient (Wildman–Crippen LogP) is 5.73. The van der Waals surface area contributed by atoms with Gasteiger partial charge < -0.3 is 44.8 Å². The maximum absolute atomic E-state index is 11.3. The summed E-state index contributed by atoms with van der Waals surface area (Å²) in [7, 11) is 2.88. The molecule has 4 aromatic rings. The zero-order chi connectivity index (χ0) is 29.4. The van der Waals surface area contributed by atoms with Crippen LogP contribution in [0, 0.1) is 0 Å². The smallest absolute Gasteiger partial charge is 0.160 e. The molecule has 9 heteroatoms. The lowest BCUT2D eigenvalue weighted by molar-refractivity contribution is 0.0360. The van der Waals surface area contributed by atoms with Crippen molar-refractivity contribution in [2.24, 2.45) is 0 Å². The van der Waals surface area contributed by atoms with Crippen LogP contribution in [0.15, 0.2) is 66.7 Å². The van der Waals surface area contributed by atoms with Gasteiger partial charge in [0.1, 0.15) is 23.0 Å². The highest BCUT2D eigenvalue weighted by atomic mass is 16.5. The molecule has 0 saturated heterocycles.